The number of benzene rings is 1. The van der Waals surface area contributed by atoms with Crippen LogP contribution in [0.3, 0.4) is 0 Å². The second-order valence-electron chi connectivity index (χ2n) is 4.75. The molecule has 2 rings (SSSR count). The van der Waals surface area contributed by atoms with Gasteiger partial charge in [-0.25, -0.2) is 9.37 Å². The molecule has 0 radical (unpaired) electrons. The number of rotatable bonds is 5. The van der Waals surface area contributed by atoms with Gasteiger partial charge in [-0.15, -0.1) is 0 Å². The molecule has 2 N–H and O–H groups in total. The van der Waals surface area contributed by atoms with Crippen molar-refractivity contribution in [2.24, 2.45) is 5.73 Å². The van der Waals surface area contributed by atoms with Crippen LogP contribution in [0.4, 0.5) is 4.39 Å². The van der Waals surface area contributed by atoms with Gasteiger partial charge in [0.2, 0.25) is 5.88 Å². The van der Waals surface area contributed by atoms with E-state index in [9.17, 15) is 4.39 Å². The molecule has 0 fully saturated rings. The Balaban J connectivity index is 2.32. The number of pyridine rings is 1. The second kappa shape index (κ2) is 6.48. The summed E-state index contributed by atoms with van der Waals surface area (Å²) in [6, 6.07) is 8.77. The first-order valence-corrected chi connectivity index (χ1v) is 6.77. The Morgan fingerprint density at radius 1 is 1.30 bits per heavy atom. The first kappa shape index (κ1) is 14.5. The van der Waals surface area contributed by atoms with Crippen LogP contribution >= 0.6 is 0 Å². The van der Waals surface area contributed by atoms with Crippen LogP contribution in [0.5, 0.6) is 11.6 Å². The van der Waals surface area contributed by atoms with Gasteiger partial charge in [0.15, 0.2) is 11.6 Å². The molecule has 0 aliphatic heterocycles. The zero-order chi connectivity index (χ0) is 14.5. The van der Waals surface area contributed by atoms with Crippen LogP contribution in [0.15, 0.2) is 30.3 Å². The molecule has 20 heavy (non-hydrogen) atoms. The Bertz CT molecular complexity index is 599. The summed E-state index contributed by atoms with van der Waals surface area (Å²) in [6.07, 6.45) is 1.83. The Morgan fingerprint density at radius 2 is 2.10 bits per heavy atom. The third kappa shape index (κ3) is 3.33. The van der Waals surface area contributed by atoms with E-state index in [0.29, 0.717) is 18.0 Å². The van der Waals surface area contributed by atoms with E-state index < -0.39 is 0 Å². The summed E-state index contributed by atoms with van der Waals surface area (Å²) in [4.78, 5) is 4.39. The maximum Gasteiger partial charge on any atom is 0.219 e. The van der Waals surface area contributed by atoms with Gasteiger partial charge in [-0.2, -0.15) is 0 Å². The van der Waals surface area contributed by atoms with Gasteiger partial charge >= 0.3 is 0 Å². The largest absolute Gasteiger partial charge is 0.436 e. The van der Waals surface area contributed by atoms with Crippen molar-refractivity contribution in [2.45, 2.75) is 33.2 Å². The molecule has 0 saturated heterocycles. The number of ether oxygens (including phenoxy) is 1. The van der Waals surface area contributed by atoms with E-state index in [-0.39, 0.29) is 11.6 Å². The number of nitrogens with zero attached hydrogens (tertiary/aromatic N) is 1. The van der Waals surface area contributed by atoms with Gasteiger partial charge in [-0.1, -0.05) is 25.5 Å². The van der Waals surface area contributed by atoms with Gasteiger partial charge in [0, 0.05) is 18.3 Å². The summed E-state index contributed by atoms with van der Waals surface area (Å²) in [5.74, 6) is 0.222. The summed E-state index contributed by atoms with van der Waals surface area (Å²) in [5, 5.41) is 0. The molecule has 0 saturated carbocycles. The molecule has 3 nitrogen and oxygen atoms in total. The quantitative estimate of drug-likeness (QED) is 0.903. The number of halogens is 1. The lowest BCUT2D eigenvalue weighted by molar-refractivity contribution is 0.423. The number of hydrogen-bond acceptors (Lipinski definition) is 3. The van der Waals surface area contributed by atoms with Crippen LogP contribution in [-0.2, 0) is 13.0 Å². The van der Waals surface area contributed by atoms with Gasteiger partial charge in [0.05, 0.1) is 0 Å². The molecule has 1 heterocycles. The molecule has 2 aromatic rings. The average Bonchev–Trinajstić information content (AvgIpc) is 2.44. The van der Waals surface area contributed by atoms with Crippen LogP contribution in [0.1, 0.15) is 30.2 Å². The summed E-state index contributed by atoms with van der Waals surface area (Å²) in [5.41, 5.74) is 8.07. The molecule has 0 aliphatic carbocycles. The summed E-state index contributed by atoms with van der Waals surface area (Å²) in [7, 11) is 0. The van der Waals surface area contributed by atoms with Gasteiger partial charge < -0.3 is 10.5 Å². The minimum absolute atomic E-state index is 0.189. The van der Waals surface area contributed by atoms with Crippen molar-refractivity contribution in [3.05, 3.63) is 53.0 Å². The number of nitrogens with two attached hydrogens (primary N) is 1. The Labute approximate surface area is 118 Å². The number of aryl methyl sites for hydroxylation is 2. The SMILES string of the molecule is CCCc1cc(CN)cc(Oc2cccc(C)c2F)n1. The van der Waals surface area contributed by atoms with Crippen LogP contribution in [0, 0.1) is 12.7 Å². The zero-order valence-corrected chi connectivity index (χ0v) is 11.8. The zero-order valence-electron chi connectivity index (χ0n) is 11.8. The van der Waals surface area contributed by atoms with E-state index in [1.165, 1.54) is 0 Å². The number of aromatic nitrogens is 1. The Morgan fingerprint density at radius 3 is 2.80 bits per heavy atom. The third-order valence-corrected chi connectivity index (χ3v) is 3.03. The molecule has 0 spiro atoms. The lowest BCUT2D eigenvalue weighted by Gasteiger charge is -2.10. The molecule has 0 amide bonds. The molecule has 1 aromatic heterocycles. The highest BCUT2D eigenvalue weighted by Crippen LogP contribution is 2.26. The molecule has 0 bridgehead atoms. The van der Waals surface area contributed by atoms with Crippen molar-refractivity contribution in [1.82, 2.24) is 4.98 Å². The fraction of sp³-hybridized carbons (Fsp3) is 0.312. The minimum Gasteiger partial charge on any atom is -0.436 e. The van der Waals surface area contributed by atoms with Gasteiger partial charge in [0.25, 0.3) is 0 Å². The predicted octanol–water partition coefficient (Wildman–Crippen LogP) is 3.73. The van der Waals surface area contributed by atoms with Crippen molar-refractivity contribution < 1.29 is 9.13 Å². The first-order chi connectivity index (χ1) is 9.63. The van der Waals surface area contributed by atoms with Crippen LogP contribution < -0.4 is 10.5 Å². The molecular weight excluding hydrogens is 255 g/mol. The van der Waals surface area contributed by atoms with E-state index in [1.54, 1.807) is 31.2 Å². The molecule has 106 valence electrons. The Kier molecular flexibility index (Phi) is 4.69. The van der Waals surface area contributed by atoms with Crippen molar-refractivity contribution >= 4 is 0 Å². The molecule has 4 heteroatoms. The molecule has 0 atom stereocenters. The standard InChI is InChI=1S/C16H19FN2O/c1-3-5-13-8-12(10-18)9-15(19-13)20-14-7-4-6-11(2)16(14)17/h4,6-9H,3,5,10,18H2,1-2H3. The fourth-order valence-electron chi connectivity index (χ4n) is 1.99. The summed E-state index contributed by atoms with van der Waals surface area (Å²) < 4.78 is 19.5. The maximum absolute atomic E-state index is 13.9. The fourth-order valence-corrected chi connectivity index (χ4v) is 1.99. The predicted molar refractivity (Wildman–Crippen MR) is 77.3 cm³/mol. The molecular formula is C16H19FN2O. The molecule has 0 unspecified atom stereocenters. The van der Waals surface area contributed by atoms with Crippen molar-refractivity contribution in [3.63, 3.8) is 0 Å². The smallest absolute Gasteiger partial charge is 0.219 e. The highest BCUT2D eigenvalue weighted by molar-refractivity contribution is 5.34. The number of hydrogen-bond donors (Lipinski definition) is 1. The normalized spacial score (nSPS) is 10.6. The van der Waals surface area contributed by atoms with Crippen molar-refractivity contribution in [3.8, 4) is 11.6 Å². The van der Waals surface area contributed by atoms with E-state index in [0.717, 1.165) is 24.1 Å². The van der Waals surface area contributed by atoms with E-state index >= 15 is 0 Å². The van der Waals surface area contributed by atoms with Gasteiger partial charge in [-0.3, -0.25) is 0 Å². The summed E-state index contributed by atoms with van der Waals surface area (Å²) >= 11 is 0. The lowest BCUT2D eigenvalue weighted by atomic mass is 10.1. The molecule has 0 aliphatic rings. The van der Waals surface area contributed by atoms with Crippen molar-refractivity contribution in [2.75, 3.05) is 0 Å². The monoisotopic (exact) mass is 274 g/mol. The first-order valence-electron chi connectivity index (χ1n) is 6.77. The van der Waals surface area contributed by atoms with Crippen LogP contribution in [0.25, 0.3) is 0 Å². The second-order valence-corrected chi connectivity index (χ2v) is 4.75. The topological polar surface area (TPSA) is 48.1 Å². The lowest BCUT2D eigenvalue weighted by Crippen LogP contribution is -2.02. The van der Waals surface area contributed by atoms with E-state index in [1.807, 2.05) is 6.07 Å². The average molecular weight is 274 g/mol. The summed E-state index contributed by atoms with van der Waals surface area (Å²) in [6.45, 7) is 4.19. The van der Waals surface area contributed by atoms with E-state index in [2.05, 4.69) is 11.9 Å². The minimum atomic E-state index is -0.357. The van der Waals surface area contributed by atoms with Gasteiger partial charge in [-0.05, 0) is 36.6 Å². The van der Waals surface area contributed by atoms with E-state index in [4.69, 9.17) is 10.5 Å². The highest BCUT2D eigenvalue weighted by atomic mass is 19.1. The highest BCUT2D eigenvalue weighted by Gasteiger charge is 2.09. The van der Waals surface area contributed by atoms with Crippen molar-refractivity contribution in [1.29, 1.82) is 0 Å². The Hall–Kier alpha value is -1.94. The van der Waals surface area contributed by atoms with Gasteiger partial charge in [0.1, 0.15) is 0 Å². The molecule has 1 aromatic carbocycles. The maximum atomic E-state index is 13.9. The van der Waals surface area contributed by atoms with Crippen LogP contribution in [0.2, 0.25) is 0 Å². The third-order valence-electron chi connectivity index (χ3n) is 3.03. The van der Waals surface area contributed by atoms with Crippen LogP contribution in [-0.4, -0.2) is 4.98 Å².